The molecule has 0 bridgehead atoms. The van der Waals surface area contributed by atoms with Gasteiger partial charge >= 0.3 is 6.18 Å². The second-order valence-corrected chi connectivity index (χ2v) is 6.22. The van der Waals surface area contributed by atoms with Gasteiger partial charge in [-0.2, -0.15) is 13.2 Å². The third-order valence-electron chi connectivity index (χ3n) is 4.30. The van der Waals surface area contributed by atoms with E-state index in [1.165, 1.54) is 22.9 Å². The number of nitrogens with zero attached hydrogens (tertiary/aromatic N) is 3. The summed E-state index contributed by atoms with van der Waals surface area (Å²) in [5.74, 6) is -0.198. The molecule has 0 aromatic carbocycles. The molecule has 1 aromatic heterocycles. The zero-order valence-electron chi connectivity index (χ0n) is 13.8. The molecule has 1 amide bonds. The number of carbonyl (C=O) groups is 1. The fraction of sp³-hybridized carbons (Fsp3) is 0.625. The number of rotatable bonds is 3. The summed E-state index contributed by atoms with van der Waals surface area (Å²) in [6.45, 7) is 3.39. The van der Waals surface area contributed by atoms with Crippen molar-refractivity contribution < 1.29 is 18.0 Å². The molecule has 0 aliphatic carbocycles. The maximum atomic E-state index is 12.5. The van der Waals surface area contributed by atoms with Crippen LogP contribution in [-0.4, -0.2) is 58.7 Å². The average Bonchev–Trinajstić information content (AvgIpc) is 2.73. The molecule has 0 spiro atoms. The highest BCUT2D eigenvalue weighted by Crippen LogP contribution is 2.24. The van der Waals surface area contributed by atoms with Gasteiger partial charge in [-0.25, -0.2) is 0 Å². The van der Waals surface area contributed by atoms with Crippen LogP contribution in [0.3, 0.4) is 0 Å². The molecule has 1 saturated heterocycles. The standard InChI is InChI=1S/C16H22F3N3O2/c1-12(10-16(17,18)19)21-6-3-7-22(9-8-21)15(24)13-4-5-14(23)20(2)11-13/h4-5,11-12H,3,6-10H2,1-2H3. The van der Waals surface area contributed by atoms with Crippen LogP contribution in [0.2, 0.25) is 0 Å². The number of aryl methyl sites for hydroxylation is 1. The van der Waals surface area contributed by atoms with Crippen LogP contribution in [0.5, 0.6) is 0 Å². The minimum Gasteiger partial charge on any atom is -0.337 e. The number of pyridine rings is 1. The summed E-state index contributed by atoms with van der Waals surface area (Å²) in [5, 5.41) is 0. The summed E-state index contributed by atoms with van der Waals surface area (Å²) in [4.78, 5) is 27.3. The predicted octanol–water partition coefficient (Wildman–Crippen LogP) is 1.87. The van der Waals surface area contributed by atoms with E-state index >= 15 is 0 Å². The Hall–Kier alpha value is -1.83. The lowest BCUT2D eigenvalue weighted by molar-refractivity contribution is -0.145. The Labute approximate surface area is 138 Å². The summed E-state index contributed by atoms with van der Waals surface area (Å²) in [6.07, 6.45) is -2.92. The van der Waals surface area contributed by atoms with Gasteiger partial charge in [0, 0.05) is 51.5 Å². The lowest BCUT2D eigenvalue weighted by Crippen LogP contribution is -2.40. The Morgan fingerprint density at radius 2 is 1.92 bits per heavy atom. The Bertz CT molecular complexity index is 642. The number of hydrogen-bond acceptors (Lipinski definition) is 3. The molecule has 2 heterocycles. The molecule has 134 valence electrons. The summed E-state index contributed by atoms with van der Waals surface area (Å²) in [5.41, 5.74) is 0.212. The van der Waals surface area contributed by atoms with Gasteiger partial charge in [0.1, 0.15) is 0 Å². The SMILES string of the molecule is CC(CC(F)(F)F)N1CCCN(C(=O)c2ccc(=O)n(C)c2)CC1. The van der Waals surface area contributed by atoms with Crippen LogP contribution in [0.25, 0.3) is 0 Å². The molecule has 1 aliphatic rings. The topological polar surface area (TPSA) is 45.6 Å². The van der Waals surface area contributed by atoms with E-state index < -0.39 is 18.6 Å². The molecular weight excluding hydrogens is 323 g/mol. The maximum Gasteiger partial charge on any atom is 0.390 e. The van der Waals surface area contributed by atoms with E-state index in [9.17, 15) is 22.8 Å². The van der Waals surface area contributed by atoms with E-state index in [0.29, 0.717) is 38.2 Å². The van der Waals surface area contributed by atoms with Crippen molar-refractivity contribution in [2.45, 2.75) is 32.0 Å². The molecule has 8 heteroatoms. The Kier molecular flexibility index (Phi) is 5.69. The molecule has 1 atom stereocenters. The van der Waals surface area contributed by atoms with Gasteiger partial charge in [0.2, 0.25) is 5.56 Å². The van der Waals surface area contributed by atoms with Crippen molar-refractivity contribution in [2.75, 3.05) is 26.2 Å². The van der Waals surface area contributed by atoms with Gasteiger partial charge in [0.15, 0.2) is 0 Å². The first-order chi connectivity index (χ1) is 11.2. The predicted molar refractivity (Wildman–Crippen MR) is 83.9 cm³/mol. The zero-order chi connectivity index (χ0) is 17.9. The van der Waals surface area contributed by atoms with Gasteiger partial charge in [-0.3, -0.25) is 14.5 Å². The van der Waals surface area contributed by atoms with Gasteiger partial charge in [0.25, 0.3) is 5.91 Å². The highest BCUT2D eigenvalue weighted by atomic mass is 19.4. The first-order valence-electron chi connectivity index (χ1n) is 7.94. The fourth-order valence-corrected chi connectivity index (χ4v) is 2.95. The van der Waals surface area contributed by atoms with Crippen LogP contribution < -0.4 is 5.56 Å². The normalized spacial score (nSPS) is 18.3. The first kappa shape index (κ1) is 18.5. The Morgan fingerprint density at radius 1 is 1.21 bits per heavy atom. The molecule has 2 rings (SSSR count). The van der Waals surface area contributed by atoms with Crippen LogP contribution in [-0.2, 0) is 7.05 Å². The number of hydrogen-bond donors (Lipinski definition) is 0. The minimum atomic E-state index is -4.18. The molecule has 5 nitrogen and oxygen atoms in total. The maximum absolute atomic E-state index is 12.5. The molecule has 1 unspecified atom stereocenters. The number of halogens is 3. The molecule has 24 heavy (non-hydrogen) atoms. The van der Waals surface area contributed by atoms with E-state index in [-0.39, 0.29) is 11.5 Å². The van der Waals surface area contributed by atoms with E-state index in [0.717, 1.165) is 0 Å². The summed E-state index contributed by atoms with van der Waals surface area (Å²) in [6, 6.07) is 2.22. The molecule has 1 aromatic rings. The lowest BCUT2D eigenvalue weighted by atomic mass is 10.2. The molecule has 0 N–H and O–H groups in total. The second-order valence-electron chi connectivity index (χ2n) is 6.22. The fourth-order valence-electron chi connectivity index (χ4n) is 2.95. The molecule has 0 radical (unpaired) electrons. The van der Waals surface area contributed by atoms with Crippen molar-refractivity contribution in [3.63, 3.8) is 0 Å². The molecule has 1 aliphatic heterocycles. The molecular formula is C16H22F3N3O2. The quantitative estimate of drug-likeness (QED) is 0.840. The monoisotopic (exact) mass is 345 g/mol. The summed E-state index contributed by atoms with van der Waals surface area (Å²) >= 11 is 0. The van der Waals surface area contributed by atoms with Crippen molar-refractivity contribution >= 4 is 5.91 Å². The number of aromatic nitrogens is 1. The highest BCUT2D eigenvalue weighted by molar-refractivity contribution is 5.93. The van der Waals surface area contributed by atoms with Crippen LogP contribution in [0.1, 0.15) is 30.1 Å². The smallest absolute Gasteiger partial charge is 0.337 e. The van der Waals surface area contributed by atoms with Crippen molar-refractivity contribution in [3.8, 4) is 0 Å². The number of carbonyl (C=O) groups excluding carboxylic acids is 1. The van der Waals surface area contributed by atoms with Gasteiger partial charge in [-0.15, -0.1) is 0 Å². The highest BCUT2D eigenvalue weighted by Gasteiger charge is 2.33. The largest absolute Gasteiger partial charge is 0.390 e. The Morgan fingerprint density at radius 3 is 2.54 bits per heavy atom. The van der Waals surface area contributed by atoms with E-state index in [2.05, 4.69) is 0 Å². The summed E-state index contributed by atoms with van der Waals surface area (Å²) < 4.78 is 39.0. The van der Waals surface area contributed by atoms with Gasteiger partial charge in [0.05, 0.1) is 12.0 Å². The third kappa shape index (κ3) is 4.83. The summed E-state index contributed by atoms with van der Waals surface area (Å²) in [7, 11) is 1.57. The van der Waals surface area contributed by atoms with Crippen molar-refractivity contribution in [2.24, 2.45) is 7.05 Å². The van der Waals surface area contributed by atoms with Gasteiger partial charge in [-0.05, 0) is 19.4 Å². The second kappa shape index (κ2) is 7.38. The number of alkyl halides is 3. The minimum absolute atomic E-state index is 0.198. The van der Waals surface area contributed by atoms with E-state index in [4.69, 9.17) is 0 Å². The van der Waals surface area contributed by atoms with E-state index in [1.807, 2.05) is 0 Å². The third-order valence-corrected chi connectivity index (χ3v) is 4.30. The zero-order valence-corrected chi connectivity index (χ0v) is 13.8. The van der Waals surface area contributed by atoms with Crippen molar-refractivity contribution in [1.29, 1.82) is 0 Å². The van der Waals surface area contributed by atoms with Gasteiger partial charge < -0.3 is 9.47 Å². The molecule has 1 fully saturated rings. The van der Waals surface area contributed by atoms with Gasteiger partial charge in [-0.1, -0.05) is 0 Å². The molecule has 0 saturated carbocycles. The van der Waals surface area contributed by atoms with Crippen LogP contribution in [0, 0.1) is 0 Å². The van der Waals surface area contributed by atoms with E-state index in [1.54, 1.807) is 23.8 Å². The number of amides is 1. The lowest BCUT2D eigenvalue weighted by Gasteiger charge is -2.28. The van der Waals surface area contributed by atoms with Crippen molar-refractivity contribution in [1.82, 2.24) is 14.4 Å². The first-order valence-corrected chi connectivity index (χ1v) is 7.94. The van der Waals surface area contributed by atoms with Crippen LogP contribution in [0.4, 0.5) is 13.2 Å². The van der Waals surface area contributed by atoms with Crippen LogP contribution >= 0.6 is 0 Å². The average molecular weight is 345 g/mol. The Balaban J connectivity index is 2.00. The van der Waals surface area contributed by atoms with Crippen molar-refractivity contribution in [3.05, 3.63) is 34.2 Å². The van der Waals surface area contributed by atoms with Crippen LogP contribution in [0.15, 0.2) is 23.1 Å².